The number of carbonyl (C=O) groups is 1. The van der Waals surface area contributed by atoms with Gasteiger partial charge >= 0.3 is 5.97 Å². The van der Waals surface area contributed by atoms with Crippen LogP contribution in [-0.2, 0) is 6.54 Å². The summed E-state index contributed by atoms with van der Waals surface area (Å²) in [6, 6.07) is 1.99. The van der Waals surface area contributed by atoms with Gasteiger partial charge in [0.05, 0.1) is 6.54 Å². The quantitative estimate of drug-likeness (QED) is 0.839. The summed E-state index contributed by atoms with van der Waals surface area (Å²) in [5.74, 6) is 0.303. The molecule has 1 fully saturated rings. The topological polar surface area (TPSA) is 75.4 Å². The Balaban J connectivity index is 1.82. The number of hydrogen-bond donors (Lipinski definition) is 2. The molecule has 2 atom stereocenters. The number of hydrogen-bond acceptors (Lipinski definition) is 4. The Hall–Kier alpha value is -1.36. The second kappa shape index (κ2) is 5.31. The monoisotopic (exact) mass is 238 g/mol. The van der Waals surface area contributed by atoms with Gasteiger partial charge in [-0.05, 0) is 18.8 Å². The Labute approximate surface area is 100 Å². The number of rotatable bonds is 4. The largest absolute Gasteiger partial charge is 0.476 e. The fraction of sp³-hybridized carbons (Fsp3) is 0.667. The van der Waals surface area contributed by atoms with E-state index in [4.69, 9.17) is 9.63 Å². The maximum Gasteiger partial charge on any atom is 0.358 e. The van der Waals surface area contributed by atoms with Gasteiger partial charge in [-0.2, -0.15) is 0 Å². The predicted molar refractivity (Wildman–Crippen MR) is 61.7 cm³/mol. The zero-order valence-corrected chi connectivity index (χ0v) is 9.98. The van der Waals surface area contributed by atoms with Gasteiger partial charge in [0.25, 0.3) is 0 Å². The van der Waals surface area contributed by atoms with E-state index in [-0.39, 0.29) is 5.69 Å². The molecule has 94 valence electrons. The number of aromatic nitrogens is 1. The fourth-order valence-electron chi connectivity index (χ4n) is 2.36. The molecule has 0 amide bonds. The number of nitrogens with zero attached hydrogens (tertiary/aromatic N) is 1. The van der Waals surface area contributed by atoms with E-state index in [0.29, 0.717) is 18.3 Å². The standard InChI is InChI=1S/C12H18N2O3/c1-8-3-2-4-9(5-8)13-7-10-6-11(12(15)16)14-17-10/h6,8-9,13H,2-5,7H2,1H3,(H,15,16). The first-order valence-corrected chi connectivity index (χ1v) is 6.07. The van der Waals surface area contributed by atoms with Crippen molar-refractivity contribution in [2.45, 2.75) is 45.2 Å². The van der Waals surface area contributed by atoms with E-state index in [1.54, 1.807) is 0 Å². The van der Waals surface area contributed by atoms with Gasteiger partial charge in [-0.15, -0.1) is 0 Å². The summed E-state index contributed by atoms with van der Waals surface area (Å²) in [5.41, 5.74) is -0.0289. The van der Waals surface area contributed by atoms with Crippen LogP contribution in [0.1, 0.15) is 48.9 Å². The molecule has 1 aromatic heterocycles. The van der Waals surface area contributed by atoms with Crippen molar-refractivity contribution in [1.82, 2.24) is 10.5 Å². The molecule has 0 bridgehead atoms. The minimum atomic E-state index is -1.05. The van der Waals surface area contributed by atoms with Crippen LogP contribution in [0.2, 0.25) is 0 Å². The molecule has 0 aromatic carbocycles. The van der Waals surface area contributed by atoms with E-state index in [9.17, 15) is 4.79 Å². The Morgan fingerprint density at radius 3 is 3.12 bits per heavy atom. The van der Waals surface area contributed by atoms with Crippen LogP contribution >= 0.6 is 0 Å². The maximum absolute atomic E-state index is 10.6. The van der Waals surface area contributed by atoms with Crippen molar-refractivity contribution < 1.29 is 14.4 Å². The van der Waals surface area contributed by atoms with Crippen molar-refractivity contribution in [3.63, 3.8) is 0 Å². The molecule has 2 unspecified atom stereocenters. The molecular formula is C12H18N2O3. The minimum Gasteiger partial charge on any atom is -0.476 e. The highest BCUT2D eigenvalue weighted by atomic mass is 16.5. The lowest BCUT2D eigenvalue weighted by Crippen LogP contribution is -2.32. The summed E-state index contributed by atoms with van der Waals surface area (Å²) in [4.78, 5) is 10.6. The number of carboxylic acid groups (broad SMARTS) is 1. The highest BCUT2D eigenvalue weighted by molar-refractivity contribution is 5.85. The van der Waals surface area contributed by atoms with Crippen LogP contribution in [-0.4, -0.2) is 22.3 Å². The zero-order chi connectivity index (χ0) is 12.3. The predicted octanol–water partition coefficient (Wildman–Crippen LogP) is 2.04. The Morgan fingerprint density at radius 1 is 1.65 bits per heavy atom. The Kier molecular flexibility index (Phi) is 3.78. The van der Waals surface area contributed by atoms with Crippen LogP contribution in [0.25, 0.3) is 0 Å². The molecule has 2 N–H and O–H groups in total. The third kappa shape index (κ3) is 3.30. The average molecular weight is 238 g/mol. The first kappa shape index (κ1) is 12.1. The second-order valence-electron chi connectivity index (χ2n) is 4.83. The van der Waals surface area contributed by atoms with Gasteiger partial charge in [-0.3, -0.25) is 0 Å². The van der Waals surface area contributed by atoms with Gasteiger partial charge in [0.2, 0.25) is 0 Å². The molecule has 5 nitrogen and oxygen atoms in total. The van der Waals surface area contributed by atoms with Gasteiger partial charge < -0.3 is 14.9 Å². The van der Waals surface area contributed by atoms with Crippen molar-refractivity contribution in [3.05, 3.63) is 17.5 Å². The van der Waals surface area contributed by atoms with E-state index in [0.717, 1.165) is 5.92 Å². The first-order valence-electron chi connectivity index (χ1n) is 6.07. The van der Waals surface area contributed by atoms with Crippen molar-refractivity contribution in [2.24, 2.45) is 5.92 Å². The van der Waals surface area contributed by atoms with Gasteiger partial charge in [0.15, 0.2) is 11.5 Å². The van der Waals surface area contributed by atoms with Crippen LogP contribution in [0.5, 0.6) is 0 Å². The molecule has 1 heterocycles. The Bertz CT molecular complexity index is 389. The third-order valence-electron chi connectivity index (χ3n) is 3.28. The summed E-state index contributed by atoms with van der Waals surface area (Å²) >= 11 is 0. The summed E-state index contributed by atoms with van der Waals surface area (Å²) in [7, 11) is 0. The smallest absolute Gasteiger partial charge is 0.358 e. The molecule has 2 rings (SSSR count). The van der Waals surface area contributed by atoms with Gasteiger partial charge in [-0.25, -0.2) is 4.79 Å². The third-order valence-corrected chi connectivity index (χ3v) is 3.28. The van der Waals surface area contributed by atoms with Crippen LogP contribution in [0.15, 0.2) is 10.6 Å². The molecule has 1 aliphatic carbocycles. The van der Waals surface area contributed by atoms with E-state index in [1.807, 2.05) is 0 Å². The second-order valence-corrected chi connectivity index (χ2v) is 4.83. The average Bonchev–Trinajstić information content (AvgIpc) is 2.75. The van der Waals surface area contributed by atoms with Crippen LogP contribution in [0, 0.1) is 5.92 Å². The van der Waals surface area contributed by atoms with E-state index >= 15 is 0 Å². The Morgan fingerprint density at radius 2 is 2.47 bits per heavy atom. The molecular weight excluding hydrogens is 220 g/mol. The van der Waals surface area contributed by atoms with Gasteiger partial charge in [-0.1, -0.05) is 24.9 Å². The SMILES string of the molecule is CC1CCCC(NCc2cc(C(=O)O)no2)C1. The summed E-state index contributed by atoms with van der Waals surface area (Å²) in [6.07, 6.45) is 4.93. The lowest BCUT2D eigenvalue weighted by Gasteiger charge is -2.27. The molecule has 0 aliphatic heterocycles. The van der Waals surface area contributed by atoms with E-state index in [2.05, 4.69) is 17.4 Å². The van der Waals surface area contributed by atoms with Crippen LogP contribution < -0.4 is 5.32 Å². The summed E-state index contributed by atoms with van der Waals surface area (Å²) in [5, 5.41) is 15.6. The highest BCUT2D eigenvalue weighted by Gasteiger charge is 2.19. The van der Waals surface area contributed by atoms with Gasteiger partial charge in [0, 0.05) is 12.1 Å². The lowest BCUT2D eigenvalue weighted by molar-refractivity contribution is 0.0685. The lowest BCUT2D eigenvalue weighted by atomic mass is 9.87. The number of carboxylic acids is 1. The molecule has 1 aliphatic rings. The highest BCUT2D eigenvalue weighted by Crippen LogP contribution is 2.23. The fourth-order valence-corrected chi connectivity index (χ4v) is 2.36. The number of nitrogens with one attached hydrogen (secondary N) is 1. The summed E-state index contributed by atoms with van der Waals surface area (Å²) < 4.78 is 4.95. The summed E-state index contributed by atoms with van der Waals surface area (Å²) in [6.45, 7) is 2.82. The van der Waals surface area contributed by atoms with Crippen molar-refractivity contribution in [3.8, 4) is 0 Å². The van der Waals surface area contributed by atoms with Crippen LogP contribution in [0.3, 0.4) is 0 Å². The van der Waals surface area contributed by atoms with Crippen molar-refractivity contribution in [1.29, 1.82) is 0 Å². The first-order chi connectivity index (χ1) is 8.15. The number of aromatic carboxylic acids is 1. The van der Waals surface area contributed by atoms with Crippen molar-refractivity contribution in [2.75, 3.05) is 0 Å². The maximum atomic E-state index is 10.6. The molecule has 0 spiro atoms. The molecule has 5 heteroatoms. The zero-order valence-electron chi connectivity index (χ0n) is 9.98. The molecule has 1 aromatic rings. The van der Waals surface area contributed by atoms with E-state index < -0.39 is 5.97 Å². The molecule has 0 saturated heterocycles. The molecule has 0 radical (unpaired) electrons. The van der Waals surface area contributed by atoms with E-state index in [1.165, 1.54) is 31.7 Å². The van der Waals surface area contributed by atoms with Gasteiger partial charge in [0.1, 0.15) is 0 Å². The molecule has 17 heavy (non-hydrogen) atoms. The molecule has 1 saturated carbocycles. The minimum absolute atomic E-state index is 0.0289. The van der Waals surface area contributed by atoms with Crippen molar-refractivity contribution >= 4 is 5.97 Å². The normalized spacial score (nSPS) is 24.8. The van der Waals surface area contributed by atoms with Crippen LogP contribution in [0.4, 0.5) is 0 Å².